The number of anilines is 1. The zero-order valence-corrected chi connectivity index (χ0v) is 13.3. The number of morpholine rings is 1. The van der Waals surface area contributed by atoms with E-state index in [0.717, 1.165) is 15.9 Å². The van der Waals surface area contributed by atoms with Crippen LogP contribution in [-0.2, 0) is 9.53 Å². The Kier molecular flexibility index (Phi) is 5.25. The van der Waals surface area contributed by atoms with Crippen LogP contribution in [0.3, 0.4) is 0 Å². The van der Waals surface area contributed by atoms with Gasteiger partial charge >= 0.3 is 0 Å². The van der Waals surface area contributed by atoms with E-state index < -0.39 is 0 Å². The first-order valence-corrected chi connectivity index (χ1v) is 7.37. The van der Waals surface area contributed by atoms with E-state index in [1.54, 1.807) is 7.11 Å². The molecule has 2 rings (SSSR count). The Labute approximate surface area is 127 Å². The minimum absolute atomic E-state index is 0.0928. The average Bonchev–Trinajstić information content (AvgIpc) is 2.49. The van der Waals surface area contributed by atoms with Crippen molar-refractivity contribution in [2.45, 2.75) is 13.0 Å². The highest BCUT2D eigenvalue weighted by atomic mass is 79.9. The molecule has 1 atom stereocenters. The maximum Gasteiger partial charge on any atom is 0.244 e. The summed E-state index contributed by atoms with van der Waals surface area (Å²) in [5, 5.41) is 3.21. The number of amides is 1. The number of ether oxygens (including phenoxy) is 2. The number of nitrogens with zero attached hydrogens (tertiary/aromatic N) is 1. The molecule has 1 fully saturated rings. The van der Waals surface area contributed by atoms with E-state index in [0.29, 0.717) is 26.3 Å². The molecule has 0 radical (unpaired) electrons. The van der Waals surface area contributed by atoms with Gasteiger partial charge in [0.05, 0.1) is 24.8 Å². The summed E-state index contributed by atoms with van der Waals surface area (Å²) in [6.45, 7) is 4.42. The molecule has 6 heteroatoms. The lowest BCUT2D eigenvalue weighted by molar-refractivity contribution is -0.135. The van der Waals surface area contributed by atoms with Crippen LogP contribution in [-0.4, -0.2) is 50.3 Å². The molecule has 1 N–H and O–H groups in total. The van der Waals surface area contributed by atoms with Gasteiger partial charge in [-0.3, -0.25) is 4.79 Å². The summed E-state index contributed by atoms with van der Waals surface area (Å²) in [6, 6.07) is 5.40. The standard InChI is InChI=1S/C14H19BrN2O3/c1-10(14(18)17-5-7-20-8-6-17)16-11-3-4-12(15)13(9-11)19-2/h3-4,9-10,16H,5-8H2,1-2H3. The molecular weight excluding hydrogens is 324 g/mol. The van der Waals surface area contributed by atoms with Gasteiger partial charge in [-0.2, -0.15) is 0 Å². The Morgan fingerprint density at radius 2 is 2.15 bits per heavy atom. The summed E-state index contributed by atoms with van der Waals surface area (Å²) in [7, 11) is 1.62. The molecule has 1 aromatic carbocycles. The highest BCUT2D eigenvalue weighted by Crippen LogP contribution is 2.28. The second-order valence-corrected chi connectivity index (χ2v) is 5.51. The Morgan fingerprint density at radius 1 is 1.45 bits per heavy atom. The maximum absolute atomic E-state index is 12.3. The van der Waals surface area contributed by atoms with E-state index in [4.69, 9.17) is 9.47 Å². The Morgan fingerprint density at radius 3 is 2.80 bits per heavy atom. The van der Waals surface area contributed by atoms with Crippen LogP contribution in [0.15, 0.2) is 22.7 Å². The van der Waals surface area contributed by atoms with Gasteiger partial charge in [0.15, 0.2) is 0 Å². The fraction of sp³-hybridized carbons (Fsp3) is 0.500. The van der Waals surface area contributed by atoms with Gasteiger partial charge in [0.25, 0.3) is 0 Å². The maximum atomic E-state index is 12.3. The van der Waals surface area contributed by atoms with Crippen LogP contribution in [0.2, 0.25) is 0 Å². The number of benzene rings is 1. The molecule has 1 unspecified atom stereocenters. The van der Waals surface area contributed by atoms with Crippen LogP contribution in [0.25, 0.3) is 0 Å². The van der Waals surface area contributed by atoms with Gasteiger partial charge in [-0.15, -0.1) is 0 Å². The molecule has 1 saturated heterocycles. The van der Waals surface area contributed by atoms with Crippen molar-refractivity contribution in [3.63, 3.8) is 0 Å². The normalized spacial score (nSPS) is 16.6. The third-order valence-electron chi connectivity index (χ3n) is 3.23. The predicted molar refractivity (Wildman–Crippen MR) is 81.2 cm³/mol. The smallest absolute Gasteiger partial charge is 0.244 e. The highest BCUT2D eigenvalue weighted by molar-refractivity contribution is 9.10. The number of halogens is 1. The van der Waals surface area contributed by atoms with Crippen molar-refractivity contribution in [2.24, 2.45) is 0 Å². The number of carbonyl (C=O) groups excluding carboxylic acids is 1. The van der Waals surface area contributed by atoms with Crippen molar-refractivity contribution in [3.05, 3.63) is 22.7 Å². The molecule has 20 heavy (non-hydrogen) atoms. The van der Waals surface area contributed by atoms with E-state index in [2.05, 4.69) is 21.2 Å². The fourth-order valence-electron chi connectivity index (χ4n) is 2.12. The molecule has 0 bridgehead atoms. The molecule has 0 aromatic heterocycles. The first kappa shape index (κ1) is 15.1. The third-order valence-corrected chi connectivity index (χ3v) is 3.88. The number of nitrogens with one attached hydrogen (secondary N) is 1. The molecule has 0 aliphatic carbocycles. The lowest BCUT2D eigenvalue weighted by atomic mass is 10.2. The van der Waals surface area contributed by atoms with Crippen molar-refractivity contribution < 1.29 is 14.3 Å². The third kappa shape index (κ3) is 3.64. The van der Waals surface area contributed by atoms with Gasteiger partial charge in [-0.1, -0.05) is 0 Å². The summed E-state index contributed by atoms with van der Waals surface area (Å²) in [4.78, 5) is 14.1. The number of carbonyl (C=O) groups is 1. The predicted octanol–water partition coefficient (Wildman–Crippen LogP) is 2.12. The quantitative estimate of drug-likeness (QED) is 0.910. The first-order valence-electron chi connectivity index (χ1n) is 6.58. The summed E-state index contributed by atoms with van der Waals surface area (Å²) >= 11 is 3.41. The minimum atomic E-state index is -0.279. The van der Waals surface area contributed by atoms with E-state index in [-0.39, 0.29) is 11.9 Å². The highest BCUT2D eigenvalue weighted by Gasteiger charge is 2.22. The topological polar surface area (TPSA) is 50.8 Å². The van der Waals surface area contributed by atoms with Gasteiger partial charge in [-0.05, 0) is 35.0 Å². The number of hydrogen-bond donors (Lipinski definition) is 1. The summed E-state index contributed by atoms with van der Waals surface area (Å²) < 4.78 is 11.4. The van der Waals surface area contributed by atoms with Gasteiger partial charge in [0.1, 0.15) is 11.8 Å². The zero-order chi connectivity index (χ0) is 14.5. The molecule has 1 heterocycles. The second kappa shape index (κ2) is 6.95. The van der Waals surface area contributed by atoms with Gasteiger partial charge in [-0.25, -0.2) is 0 Å². The molecule has 5 nitrogen and oxygen atoms in total. The molecular formula is C14H19BrN2O3. The molecule has 0 saturated carbocycles. The molecule has 1 aliphatic rings. The fourth-order valence-corrected chi connectivity index (χ4v) is 2.53. The summed E-state index contributed by atoms with van der Waals surface area (Å²) in [5.41, 5.74) is 0.860. The van der Waals surface area contributed by atoms with E-state index in [9.17, 15) is 4.79 Å². The Balaban J connectivity index is 1.99. The van der Waals surface area contributed by atoms with E-state index in [1.807, 2.05) is 30.0 Å². The van der Waals surface area contributed by atoms with Gasteiger partial charge in [0, 0.05) is 24.8 Å². The van der Waals surface area contributed by atoms with E-state index in [1.165, 1.54) is 0 Å². The van der Waals surface area contributed by atoms with Crippen molar-refractivity contribution in [3.8, 4) is 5.75 Å². The zero-order valence-electron chi connectivity index (χ0n) is 11.7. The number of hydrogen-bond acceptors (Lipinski definition) is 4. The molecule has 1 aliphatic heterocycles. The summed E-state index contributed by atoms with van der Waals surface area (Å²) in [6.07, 6.45) is 0. The lowest BCUT2D eigenvalue weighted by Crippen LogP contribution is -2.46. The number of methoxy groups -OCH3 is 1. The van der Waals surface area contributed by atoms with Crippen molar-refractivity contribution >= 4 is 27.5 Å². The van der Waals surface area contributed by atoms with Crippen LogP contribution >= 0.6 is 15.9 Å². The van der Waals surface area contributed by atoms with Gasteiger partial charge < -0.3 is 19.7 Å². The first-order chi connectivity index (χ1) is 9.61. The Bertz CT molecular complexity index is 475. The number of rotatable bonds is 4. The average molecular weight is 343 g/mol. The minimum Gasteiger partial charge on any atom is -0.495 e. The Hall–Kier alpha value is -1.27. The van der Waals surface area contributed by atoms with Crippen LogP contribution in [0.1, 0.15) is 6.92 Å². The molecule has 1 amide bonds. The van der Waals surface area contributed by atoms with Crippen LogP contribution < -0.4 is 10.1 Å². The summed E-state index contributed by atoms with van der Waals surface area (Å²) in [5.74, 6) is 0.830. The van der Waals surface area contributed by atoms with Crippen molar-refractivity contribution in [1.82, 2.24) is 4.90 Å². The second-order valence-electron chi connectivity index (χ2n) is 4.65. The largest absolute Gasteiger partial charge is 0.495 e. The van der Waals surface area contributed by atoms with Crippen molar-refractivity contribution in [1.29, 1.82) is 0 Å². The van der Waals surface area contributed by atoms with E-state index >= 15 is 0 Å². The van der Waals surface area contributed by atoms with Crippen molar-refractivity contribution in [2.75, 3.05) is 38.7 Å². The lowest BCUT2D eigenvalue weighted by Gasteiger charge is -2.29. The van der Waals surface area contributed by atoms with Gasteiger partial charge in [0.2, 0.25) is 5.91 Å². The molecule has 1 aromatic rings. The monoisotopic (exact) mass is 342 g/mol. The molecule has 0 spiro atoms. The van der Waals surface area contributed by atoms with Crippen LogP contribution in [0, 0.1) is 0 Å². The SMILES string of the molecule is COc1cc(NC(C)C(=O)N2CCOCC2)ccc1Br. The van der Waals surface area contributed by atoms with Crippen LogP contribution in [0.4, 0.5) is 5.69 Å². The van der Waals surface area contributed by atoms with Crippen LogP contribution in [0.5, 0.6) is 5.75 Å². The molecule has 110 valence electrons.